The van der Waals surface area contributed by atoms with Crippen LogP contribution in [0.2, 0.25) is 0 Å². The standard InChI is InChI=1S/C7H15N3O/c1-6(9-2)4-7(11)10(3)5-8/h5-6,8-9H,4H2,1-3H3. The van der Waals surface area contributed by atoms with E-state index in [2.05, 4.69) is 5.32 Å². The van der Waals surface area contributed by atoms with Gasteiger partial charge in [0, 0.05) is 19.5 Å². The van der Waals surface area contributed by atoms with E-state index in [9.17, 15) is 4.79 Å². The van der Waals surface area contributed by atoms with Crippen LogP contribution in [0.4, 0.5) is 0 Å². The molecule has 4 heteroatoms. The van der Waals surface area contributed by atoms with Gasteiger partial charge >= 0.3 is 0 Å². The van der Waals surface area contributed by atoms with Crippen LogP contribution in [0.1, 0.15) is 13.3 Å². The second kappa shape index (κ2) is 4.85. The molecule has 0 saturated heterocycles. The lowest BCUT2D eigenvalue weighted by atomic mass is 10.2. The highest BCUT2D eigenvalue weighted by atomic mass is 16.2. The fourth-order valence-electron chi connectivity index (χ4n) is 0.580. The summed E-state index contributed by atoms with van der Waals surface area (Å²) in [5, 5.41) is 9.75. The van der Waals surface area contributed by atoms with Crippen LogP contribution in [-0.4, -0.2) is 37.3 Å². The molecule has 1 amide bonds. The number of nitrogens with zero attached hydrogens (tertiary/aromatic N) is 1. The van der Waals surface area contributed by atoms with E-state index >= 15 is 0 Å². The average molecular weight is 157 g/mol. The van der Waals surface area contributed by atoms with Crippen molar-refractivity contribution in [1.29, 1.82) is 5.41 Å². The van der Waals surface area contributed by atoms with Gasteiger partial charge in [-0.2, -0.15) is 0 Å². The molecule has 1 unspecified atom stereocenters. The zero-order valence-electron chi connectivity index (χ0n) is 7.22. The van der Waals surface area contributed by atoms with Crippen LogP contribution in [0, 0.1) is 5.41 Å². The molecule has 4 nitrogen and oxygen atoms in total. The third kappa shape index (κ3) is 3.72. The van der Waals surface area contributed by atoms with Gasteiger partial charge in [0.15, 0.2) is 0 Å². The van der Waals surface area contributed by atoms with Crippen LogP contribution in [-0.2, 0) is 4.79 Å². The first-order valence-corrected chi connectivity index (χ1v) is 3.55. The Morgan fingerprint density at radius 1 is 1.82 bits per heavy atom. The number of amides is 1. The Kier molecular flexibility index (Phi) is 4.45. The van der Waals surface area contributed by atoms with Crippen molar-refractivity contribution in [3.8, 4) is 0 Å². The molecular formula is C7H15N3O. The zero-order chi connectivity index (χ0) is 8.85. The van der Waals surface area contributed by atoms with E-state index < -0.39 is 0 Å². The summed E-state index contributed by atoms with van der Waals surface area (Å²) in [4.78, 5) is 12.3. The molecule has 0 radical (unpaired) electrons. The van der Waals surface area contributed by atoms with Gasteiger partial charge in [-0.1, -0.05) is 0 Å². The molecule has 0 fully saturated rings. The second-order valence-corrected chi connectivity index (χ2v) is 2.53. The van der Waals surface area contributed by atoms with Crippen molar-refractivity contribution in [2.45, 2.75) is 19.4 Å². The molecule has 0 spiro atoms. The minimum atomic E-state index is -0.0400. The van der Waals surface area contributed by atoms with Crippen LogP contribution in [0.25, 0.3) is 0 Å². The van der Waals surface area contributed by atoms with E-state index in [1.54, 1.807) is 7.05 Å². The molecule has 0 heterocycles. The van der Waals surface area contributed by atoms with Crippen LogP contribution in [0.3, 0.4) is 0 Å². The van der Waals surface area contributed by atoms with Gasteiger partial charge in [-0.25, -0.2) is 0 Å². The van der Waals surface area contributed by atoms with E-state index in [0.29, 0.717) is 6.42 Å². The molecule has 0 aliphatic rings. The molecule has 0 aromatic heterocycles. The van der Waals surface area contributed by atoms with Crippen molar-refractivity contribution >= 4 is 12.2 Å². The van der Waals surface area contributed by atoms with Gasteiger partial charge in [0.1, 0.15) is 0 Å². The lowest BCUT2D eigenvalue weighted by molar-refractivity contribution is -0.126. The summed E-state index contributed by atoms with van der Waals surface area (Å²) in [7, 11) is 3.39. The van der Waals surface area contributed by atoms with E-state index in [0.717, 1.165) is 6.34 Å². The molecule has 0 rings (SSSR count). The quantitative estimate of drug-likeness (QED) is 0.447. The number of carbonyl (C=O) groups excluding carboxylic acids is 1. The molecule has 0 bridgehead atoms. The predicted octanol–water partition coefficient (Wildman–Crippen LogP) is 0.0499. The minimum absolute atomic E-state index is 0.0400. The van der Waals surface area contributed by atoms with Crippen molar-refractivity contribution < 1.29 is 4.79 Å². The maximum atomic E-state index is 11.1. The summed E-state index contributed by atoms with van der Waals surface area (Å²) >= 11 is 0. The fourth-order valence-corrected chi connectivity index (χ4v) is 0.580. The third-order valence-corrected chi connectivity index (χ3v) is 1.56. The topological polar surface area (TPSA) is 56.2 Å². The monoisotopic (exact) mass is 157 g/mol. The summed E-state index contributed by atoms with van der Waals surface area (Å²) in [6.07, 6.45) is 1.45. The van der Waals surface area contributed by atoms with E-state index in [1.165, 1.54) is 4.90 Å². The summed E-state index contributed by atoms with van der Waals surface area (Å²) < 4.78 is 0. The third-order valence-electron chi connectivity index (χ3n) is 1.56. The van der Waals surface area contributed by atoms with Gasteiger partial charge in [-0.15, -0.1) is 0 Å². The Bertz CT molecular complexity index is 147. The molecule has 0 aromatic rings. The highest BCUT2D eigenvalue weighted by Crippen LogP contribution is 1.93. The Morgan fingerprint density at radius 2 is 2.36 bits per heavy atom. The lowest BCUT2D eigenvalue weighted by Crippen LogP contribution is -2.32. The van der Waals surface area contributed by atoms with Crippen LogP contribution < -0.4 is 5.32 Å². The fraction of sp³-hybridized carbons (Fsp3) is 0.714. The van der Waals surface area contributed by atoms with Crippen molar-refractivity contribution in [3.63, 3.8) is 0 Å². The Balaban J connectivity index is 3.77. The number of carbonyl (C=O) groups is 1. The highest BCUT2D eigenvalue weighted by Gasteiger charge is 2.09. The van der Waals surface area contributed by atoms with Gasteiger partial charge in [-0.3, -0.25) is 10.2 Å². The second-order valence-electron chi connectivity index (χ2n) is 2.53. The van der Waals surface area contributed by atoms with Crippen molar-refractivity contribution in [2.75, 3.05) is 14.1 Å². The highest BCUT2D eigenvalue weighted by molar-refractivity contribution is 5.86. The molecule has 1 atom stereocenters. The number of hydrogen-bond acceptors (Lipinski definition) is 3. The van der Waals surface area contributed by atoms with Crippen molar-refractivity contribution in [3.05, 3.63) is 0 Å². The first-order valence-electron chi connectivity index (χ1n) is 3.55. The van der Waals surface area contributed by atoms with Crippen molar-refractivity contribution in [1.82, 2.24) is 10.2 Å². The Labute approximate surface area is 67.1 Å². The number of rotatable bonds is 4. The zero-order valence-corrected chi connectivity index (χ0v) is 7.22. The van der Waals surface area contributed by atoms with Crippen LogP contribution in [0.15, 0.2) is 0 Å². The molecule has 11 heavy (non-hydrogen) atoms. The van der Waals surface area contributed by atoms with Gasteiger partial charge in [-0.05, 0) is 14.0 Å². The van der Waals surface area contributed by atoms with Crippen molar-refractivity contribution in [2.24, 2.45) is 0 Å². The van der Waals surface area contributed by atoms with E-state index in [4.69, 9.17) is 5.41 Å². The lowest BCUT2D eigenvalue weighted by Gasteiger charge is -2.13. The van der Waals surface area contributed by atoms with Gasteiger partial charge in [0.05, 0.1) is 6.34 Å². The summed E-state index contributed by atoms with van der Waals surface area (Å²) in [6, 6.07) is 0.171. The Hall–Kier alpha value is -0.900. The van der Waals surface area contributed by atoms with E-state index in [-0.39, 0.29) is 11.9 Å². The first kappa shape index (κ1) is 10.1. The van der Waals surface area contributed by atoms with E-state index in [1.807, 2.05) is 14.0 Å². The molecule has 0 aromatic carbocycles. The molecular weight excluding hydrogens is 142 g/mol. The summed E-state index contributed by atoms with van der Waals surface area (Å²) in [5.41, 5.74) is 0. The number of hydrogen-bond donors (Lipinski definition) is 2. The maximum absolute atomic E-state index is 11.1. The molecule has 2 N–H and O–H groups in total. The maximum Gasteiger partial charge on any atom is 0.228 e. The van der Waals surface area contributed by atoms with Crippen LogP contribution in [0.5, 0.6) is 0 Å². The normalized spacial score (nSPS) is 12.3. The first-order chi connectivity index (χ1) is 5.11. The molecule has 0 aliphatic heterocycles. The smallest absolute Gasteiger partial charge is 0.228 e. The summed E-state index contributed by atoms with van der Waals surface area (Å²) in [5.74, 6) is -0.0400. The van der Waals surface area contributed by atoms with Gasteiger partial charge in [0.25, 0.3) is 0 Å². The molecule has 0 saturated carbocycles. The summed E-state index contributed by atoms with van der Waals surface area (Å²) in [6.45, 7) is 1.93. The number of nitrogens with one attached hydrogen (secondary N) is 2. The average Bonchev–Trinajstić information content (AvgIpc) is 2.02. The minimum Gasteiger partial charge on any atom is -0.317 e. The molecule has 0 aliphatic carbocycles. The SMILES string of the molecule is CNC(C)CC(=O)N(C)C=N. The largest absolute Gasteiger partial charge is 0.317 e. The molecule has 64 valence electrons. The Morgan fingerprint density at radius 3 is 2.73 bits per heavy atom. The van der Waals surface area contributed by atoms with Crippen LogP contribution >= 0.6 is 0 Å². The predicted molar refractivity (Wildman–Crippen MR) is 44.7 cm³/mol. The van der Waals surface area contributed by atoms with Gasteiger partial charge < -0.3 is 10.2 Å². The van der Waals surface area contributed by atoms with Gasteiger partial charge in [0.2, 0.25) is 5.91 Å².